The summed E-state index contributed by atoms with van der Waals surface area (Å²) >= 11 is 0. The van der Waals surface area contributed by atoms with Gasteiger partial charge in [-0.15, -0.1) is 0 Å². The van der Waals surface area contributed by atoms with Crippen LogP contribution in [0.3, 0.4) is 0 Å². The molecule has 0 radical (unpaired) electrons. The van der Waals surface area contributed by atoms with E-state index in [1.165, 1.54) is 0 Å². The number of nitrogens with zero attached hydrogens (tertiary/aromatic N) is 2. The van der Waals surface area contributed by atoms with E-state index in [9.17, 15) is 9.59 Å². The first kappa shape index (κ1) is 19.1. The number of hydrogen-bond acceptors (Lipinski definition) is 3. The number of benzene rings is 2. The lowest BCUT2D eigenvalue weighted by molar-refractivity contribution is 0.0649. The van der Waals surface area contributed by atoms with Crippen LogP contribution in [0.2, 0.25) is 0 Å². The zero-order valence-corrected chi connectivity index (χ0v) is 16.5. The monoisotopic (exact) mass is 384 g/mol. The van der Waals surface area contributed by atoms with Crippen LogP contribution < -0.4 is 0 Å². The average Bonchev–Trinajstić information content (AvgIpc) is 2.79. The molecule has 29 heavy (non-hydrogen) atoms. The van der Waals surface area contributed by atoms with Crippen molar-refractivity contribution < 1.29 is 9.59 Å². The second-order valence-electron chi connectivity index (χ2n) is 7.49. The molecule has 0 atom stereocenters. The number of amides is 1. The fourth-order valence-electron chi connectivity index (χ4n) is 3.91. The Hall–Kier alpha value is -3.27. The molecule has 2 heterocycles. The van der Waals surface area contributed by atoms with Gasteiger partial charge in [0.25, 0.3) is 5.91 Å². The molecule has 0 spiro atoms. The number of Topliss-reactive ketones (excluding diaryl/α,β-unsaturated/α-hetero) is 1. The maximum Gasteiger partial charge on any atom is 0.255 e. The van der Waals surface area contributed by atoms with Crippen molar-refractivity contribution in [2.75, 3.05) is 13.1 Å². The van der Waals surface area contributed by atoms with Crippen molar-refractivity contribution in [3.63, 3.8) is 0 Å². The zero-order valence-electron chi connectivity index (χ0n) is 16.5. The second-order valence-corrected chi connectivity index (χ2v) is 7.49. The summed E-state index contributed by atoms with van der Waals surface area (Å²) in [6.45, 7) is 3.08. The summed E-state index contributed by atoms with van der Waals surface area (Å²) < 4.78 is 0. The minimum Gasteiger partial charge on any atom is -0.339 e. The molecular weight excluding hydrogens is 360 g/mol. The number of likely N-dealkylation sites (tertiary alicyclic amines) is 1. The van der Waals surface area contributed by atoms with Crippen molar-refractivity contribution in [2.45, 2.75) is 19.8 Å². The minimum absolute atomic E-state index is 0.000205. The molecule has 2 aromatic carbocycles. The standard InChI is InChI=1S/C25H24N2O2/c1-18-22(12-13-23(26-18)19-8-4-2-5-9-19)25(29)27-16-14-21(15-17-27)24(28)20-10-6-3-7-11-20/h2-13,21H,14-17H2,1H3. The van der Waals surface area contributed by atoms with Gasteiger partial charge in [0.2, 0.25) is 0 Å². The lowest BCUT2D eigenvalue weighted by Crippen LogP contribution is -2.40. The van der Waals surface area contributed by atoms with Crippen molar-refractivity contribution in [3.8, 4) is 11.3 Å². The van der Waals surface area contributed by atoms with Crippen LogP contribution in [0.15, 0.2) is 72.8 Å². The van der Waals surface area contributed by atoms with Crippen molar-refractivity contribution in [1.29, 1.82) is 0 Å². The van der Waals surface area contributed by atoms with Gasteiger partial charge in [-0.2, -0.15) is 0 Å². The van der Waals surface area contributed by atoms with Crippen LogP contribution >= 0.6 is 0 Å². The summed E-state index contributed by atoms with van der Waals surface area (Å²) in [5, 5.41) is 0. The van der Waals surface area contributed by atoms with Gasteiger partial charge in [0.1, 0.15) is 0 Å². The average molecular weight is 384 g/mol. The minimum atomic E-state index is -0.0128. The molecule has 3 aromatic rings. The van der Waals surface area contributed by atoms with E-state index in [1.807, 2.05) is 84.6 Å². The molecule has 1 aliphatic heterocycles. The van der Waals surface area contributed by atoms with Gasteiger partial charge in [0.15, 0.2) is 5.78 Å². The molecule has 0 saturated carbocycles. The van der Waals surface area contributed by atoms with Gasteiger partial charge in [0, 0.05) is 30.1 Å². The molecule has 0 bridgehead atoms. The van der Waals surface area contributed by atoms with Gasteiger partial charge < -0.3 is 4.90 Å². The van der Waals surface area contributed by atoms with Gasteiger partial charge in [-0.25, -0.2) is 0 Å². The number of carbonyl (C=O) groups is 2. The zero-order chi connectivity index (χ0) is 20.2. The van der Waals surface area contributed by atoms with Crippen molar-refractivity contribution in [3.05, 3.63) is 89.6 Å². The van der Waals surface area contributed by atoms with Crippen molar-refractivity contribution in [2.24, 2.45) is 5.92 Å². The lowest BCUT2D eigenvalue weighted by atomic mass is 9.88. The maximum atomic E-state index is 13.0. The van der Waals surface area contributed by atoms with Crippen LogP contribution in [-0.2, 0) is 0 Å². The molecule has 4 rings (SSSR count). The molecule has 1 aromatic heterocycles. The summed E-state index contributed by atoms with van der Waals surface area (Å²) in [4.78, 5) is 32.2. The number of hydrogen-bond donors (Lipinski definition) is 0. The molecule has 4 heteroatoms. The second kappa shape index (κ2) is 8.39. The largest absolute Gasteiger partial charge is 0.339 e. The third-order valence-corrected chi connectivity index (χ3v) is 5.60. The Kier molecular flexibility index (Phi) is 5.52. The number of aromatic nitrogens is 1. The quantitative estimate of drug-likeness (QED) is 0.608. The summed E-state index contributed by atoms with van der Waals surface area (Å²) in [6, 6.07) is 23.1. The highest BCUT2D eigenvalue weighted by molar-refractivity contribution is 5.98. The van der Waals surface area contributed by atoms with Crippen LogP contribution in [-0.4, -0.2) is 34.7 Å². The third kappa shape index (κ3) is 4.11. The number of rotatable bonds is 4. The van der Waals surface area contributed by atoms with E-state index in [0.29, 0.717) is 31.5 Å². The predicted octanol–water partition coefficient (Wildman–Crippen LogP) is 4.79. The fourth-order valence-corrected chi connectivity index (χ4v) is 3.91. The van der Waals surface area contributed by atoms with E-state index in [2.05, 4.69) is 4.98 Å². The fraction of sp³-hybridized carbons (Fsp3) is 0.240. The molecule has 0 aliphatic carbocycles. The molecular formula is C25H24N2O2. The highest BCUT2D eigenvalue weighted by atomic mass is 16.2. The van der Waals surface area contributed by atoms with Crippen LogP contribution in [0, 0.1) is 12.8 Å². The highest BCUT2D eigenvalue weighted by Crippen LogP contribution is 2.24. The van der Waals surface area contributed by atoms with Gasteiger partial charge in [-0.3, -0.25) is 14.6 Å². The van der Waals surface area contributed by atoms with Crippen LogP contribution in [0.1, 0.15) is 39.3 Å². The van der Waals surface area contributed by atoms with E-state index in [0.717, 1.165) is 22.5 Å². The highest BCUT2D eigenvalue weighted by Gasteiger charge is 2.29. The smallest absolute Gasteiger partial charge is 0.255 e. The number of carbonyl (C=O) groups excluding carboxylic acids is 2. The maximum absolute atomic E-state index is 13.0. The number of pyridine rings is 1. The number of piperidine rings is 1. The van der Waals surface area contributed by atoms with Gasteiger partial charge >= 0.3 is 0 Å². The Morgan fingerprint density at radius 2 is 1.48 bits per heavy atom. The summed E-state index contributed by atoms with van der Waals surface area (Å²) in [5.74, 6) is 0.170. The molecule has 4 nitrogen and oxygen atoms in total. The van der Waals surface area contributed by atoms with Gasteiger partial charge in [-0.05, 0) is 31.9 Å². The van der Waals surface area contributed by atoms with E-state index in [1.54, 1.807) is 0 Å². The topological polar surface area (TPSA) is 50.3 Å². The molecule has 1 fully saturated rings. The molecule has 1 aliphatic rings. The molecule has 1 saturated heterocycles. The molecule has 0 N–H and O–H groups in total. The predicted molar refractivity (Wildman–Crippen MR) is 114 cm³/mol. The number of aryl methyl sites for hydroxylation is 1. The Balaban J connectivity index is 1.43. The summed E-state index contributed by atoms with van der Waals surface area (Å²) in [6.07, 6.45) is 1.40. The van der Waals surface area contributed by atoms with Crippen LogP contribution in [0.4, 0.5) is 0 Å². The van der Waals surface area contributed by atoms with Crippen LogP contribution in [0.5, 0.6) is 0 Å². The Morgan fingerprint density at radius 3 is 2.10 bits per heavy atom. The van der Waals surface area contributed by atoms with Crippen molar-refractivity contribution >= 4 is 11.7 Å². The molecule has 146 valence electrons. The Bertz CT molecular complexity index is 1010. The first-order valence-electron chi connectivity index (χ1n) is 10.0. The van der Waals surface area contributed by atoms with Crippen molar-refractivity contribution in [1.82, 2.24) is 9.88 Å². The van der Waals surface area contributed by atoms with E-state index >= 15 is 0 Å². The Morgan fingerprint density at radius 1 is 0.862 bits per heavy atom. The van der Waals surface area contributed by atoms with Gasteiger partial charge in [0.05, 0.1) is 17.0 Å². The van der Waals surface area contributed by atoms with Crippen LogP contribution in [0.25, 0.3) is 11.3 Å². The van der Waals surface area contributed by atoms with E-state index < -0.39 is 0 Å². The van der Waals surface area contributed by atoms with E-state index in [4.69, 9.17) is 0 Å². The molecule has 0 unspecified atom stereocenters. The summed E-state index contributed by atoms with van der Waals surface area (Å²) in [7, 11) is 0. The Labute approximate surface area is 171 Å². The lowest BCUT2D eigenvalue weighted by Gasteiger charge is -2.31. The first-order chi connectivity index (χ1) is 14.1. The van der Waals surface area contributed by atoms with E-state index in [-0.39, 0.29) is 17.6 Å². The summed E-state index contributed by atoms with van der Waals surface area (Å²) in [5.41, 5.74) is 4.03. The molecule has 1 amide bonds. The SMILES string of the molecule is Cc1nc(-c2ccccc2)ccc1C(=O)N1CCC(C(=O)c2ccccc2)CC1. The first-order valence-corrected chi connectivity index (χ1v) is 10.0. The van der Waals surface area contributed by atoms with Gasteiger partial charge in [-0.1, -0.05) is 60.7 Å². The number of ketones is 1. The normalized spacial score (nSPS) is 14.6. The third-order valence-electron chi connectivity index (χ3n) is 5.60.